The van der Waals surface area contributed by atoms with Crippen LogP contribution in [0.3, 0.4) is 0 Å². The number of benzene rings is 2. The van der Waals surface area contributed by atoms with Crippen molar-refractivity contribution in [1.29, 1.82) is 0 Å². The summed E-state index contributed by atoms with van der Waals surface area (Å²) in [4.78, 5) is 12.2. The Bertz CT molecular complexity index is 642. The van der Waals surface area contributed by atoms with Gasteiger partial charge in [0.2, 0.25) is 0 Å². The summed E-state index contributed by atoms with van der Waals surface area (Å²) >= 11 is 5.95. The number of hydrogen-bond donors (Lipinski definition) is 1. The molecule has 3 nitrogen and oxygen atoms in total. The lowest BCUT2D eigenvalue weighted by Gasteiger charge is -2.20. The number of ether oxygens (including phenoxy) is 1. The molecule has 0 heterocycles. The van der Waals surface area contributed by atoms with Gasteiger partial charge in [-0.1, -0.05) is 35.9 Å². The highest BCUT2D eigenvalue weighted by atomic mass is 35.5. The van der Waals surface area contributed by atoms with E-state index in [4.69, 9.17) is 16.3 Å². The highest BCUT2D eigenvalue weighted by molar-refractivity contribution is 6.34. The molecule has 0 spiro atoms. The van der Waals surface area contributed by atoms with Gasteiger partial charge in [0.15, 0.2) is 0 Å². The lowest BCUT2D eigenvalue weighted by Crippen LogP contribution is -2.24. The van der Waals surface area contributed by atoms with E-state index in [1.807, 2.05) is 0 Å². The number of carbonyl (C=O) groups excluding carboxylic acids is 1. The van der Waals surface area contributed by atoms with Crippen LogP contribution < -0.4 is 0 Å². The molecule has 0 fully saturated rings. The summed E-state index contributed by atoms with van der Waals surface area (Å²) in [6, 6.07) is 8.48. The van der Waals surface area contributed by atoms with E-state index in [1.165, 1.54) is 6.07 Å². The van der Waals surface area contributed by atoms with Crippen LogP contribution in [0.2, 0.25) is 5.02 Å². The molecule has 19 heavy (non-hydrogen) atoms. The van der Waals surface area contributed by atoms with Gasteiger partial charge in [-0.25, -0.2) is 4.79 Å². The van der Waals surface area contributed by atoms with E-state index in [2.05, 4.69) is 0 Å². The van der Waals surface area contributed by atoms with Crippen molar-refractivity contribution in [2.45, 2.75) is 26.4 Å². The van der Waals surface area contributed by atoms with Crippen LogP contribution in [0.15, 0.2) is 30.3 Å². The molecule has 2 aromatic carbocycles. The van der Waals surface area contributed by atoms with Gasteiger partial charge in [0.1, 0.15) is 11.4 Å². The number of phenols is 1. The standard InChI is InChI=1S/C15H15ClO3/c1-15(2,3)19-14(18)11-8-12(16)13(17)10-7-5-4-6-9(10)11/h4-8,17H,1-3H3. The van der Waals surface area contributed by atoms with Gasteiger partial charge in [-0.05, 0) is 32.2 Å². The van der Waals surface area contributed by atoms with Crippen molar-refractivity contribution in [3.05, 3.63) is 40.9 Å². The van der Waals surface area contributed by atoms with Crippen LogP contribution in [-0.4, -0.2) is 16.7 Å². The van der Waals surface area contributed by atoms with Gasteiger partial charge in [0, 0.05) is 5.39 Å². The maximum Gasteiger partial charge on any atom is 0.339 e. The van der Waals surface area contributed by atoms with Gasteiger partial charge in [0.05, 0.1) is 10.6 Å². The van der Waals surface area contributed by atoms with Crippen LogP contribution in [0.25, 0.3) is 10.8 Å². The molecule has 0 atom stereocenters. The van der Waals surface area contributed by atoms with Gasteiger partial charge in [-0.3, -0.25) is 0 Å². The topological polar surface area (TPSA) is 46.5 Å². The van der Waals surface area contributed by atoms with E-state index >= 15 is 0 Å². The number of esters is 1. The average molecular weight is 279 g/mol. The second-order valence-electron chi connectivity index (χ2n) is 5.30. The molecule has 0 bridgehead atoms. The van der Waals surface area contributed by atoms with Crippen molar-refractivity contribution in [1.82, 2.24) is 0 Å². The third kappa shape index (κ3) is 2.82. The molecule has 4 heteroatoms. The largest absolute Gasteiger partial charge is 0.506 e. The van der Waals surface area contributed by atoms with Gasteiger partial charge in [-0.2, -0.15) is 0 Å². The molecular weight excluding hydrogens is 264 g/mol. The molecule has 1 N–H and O–H groups in total. The maximum atomic E-state index is 12.2. The smallest absolute Gasteiger partial charge is 0.339 e. The van der Waals surface area contributed by atoms with E-state index in [0.29, 0.717) is 16.3 Å². The van der Waals surface area contributed by atoms with Crippen LogP contribution in [0.1, 0.15) is 31.1 Å². The summed E-state index contributed by atoms with van der Waals surface area (Å²) < 4.78 is 5.35. The Balaban J connectivity index is 2.61. The summed E-state index contributed by atoms with van der Waals surface area (Å²) in [7, 11) is 0. The third-order valence-corrected chi connectivity index (χ3v) is 2.88. The second-order valence-corrected chi connectivity index (χ2v) is 5.71. The molecule has 0 amide bonds. The Morgan fingerprint density at radius 3 is 2.37 bits per heavy atom. The fourth-order valence-electron chi connectivity index (χ4n) is 1.83. The maximum absolute atomic E-state index is 12.2. The number of hydrogen-bond acceptors (Lipinski definition) is 3. The van der Waals surface area contributed by atoms with Crippen LogP contribution in [-0.2, 0) is 4.74 Å². The molecule has 0 aliphatic heterocycles. The molecule has 0 saturated heterocycles. The Morgan fingerprint density at radius 1 is 1.21 bits per heavy atom. The molecule has 0 aliphatic rings. The number of halogens is 1. The molecule has 0 radical (unpaired) electrons. The Hall–Kier alpha value is -1.74. The Morgan fingerprint density at radius 2 is 1.79 bits per heavy atom. The lowest BCUT2D eigenvalue weighted by atomic mass is 10.0. The van der Waals surface area contributed by atoms with E-state index in [0.717, 1.165) is 0 Å². The summed E-state index contributed by atoms with van der Waals surface area (Å²) in [5, 5.41) is 11.2. The van der Waals surface area contributed by atoms with E-state index in [-0.39, 0.29) is 10.8 Å². The normalized spacial score (nSPS) is 11.6. The molecule has 0 saturated carbocycles. The van der Waals surface area contributed by atoms with Gasteiger partial charge < -0.3 is 9.84 Å². The van der Waals surface area contributed by atoms with E-state index in [9.17, 15) is 9.90 Å². The summed E-state index contributed by atoms with van der Waals surface area (Å²) in [5.41, 5.74) is -0.226. The molecule has 0 aromatic heterocycles. The lowest BCUT2D eigenvalue weighted by molar-refractivity contribution is 0.00719. The summed E-state index contributed by atoms with van der Waals surface area (Å²) in [5.74, 6) is -0.477. The first-order valence-corrected chi connectivity index (χ1v) is 6.31. The predicted octanol–water partition coefficient (Wildman–Crippen LogP) is 4.15. The van der Waals surface area contributed by atoms with Crippen molar-refractivity contribution in [2.75, 3.05) is 0 Å². The SMILES string of the molecule is CC(C)(C)OC(=O)c1cc(Cl)c(O)c2ccccc12. The van der Waals surface area contributed by atoms with Crippen LogP contribution in [0, 0.1) is 0 Å². The molecule has 100 valence electrons. The molecule has 0 aliphatic carbocycles. The molecular formula is C15H15ClO3. The number of fused-ring (bicyclic) bond motifs is 1. The van der Waals surface area contributed by atoms with E-state index in [1.54, 1.807) is 45.0 Å². The molecule has 2 rings (SSSR count). The zero-order valence-corrected chi connectivity index (χ0v) is 11.8. The fourth-order valence-corrected chi connectivity index (χ4v) is 2.04. The summed E-state index contributed by atoms with van der Waals surface area (Å²) in [6.07, 6.45) is 0. The van der Waals surface area contributed by atoms with E-state index < -0.39 is 11.6 Å². The first-order chi connectivity index (χ1) is 8.79. The van der Waals surface area contributed by atoms with Crippen molar-refractivity contribution >= 4 is 28.3 Å². The van der Waals surface area contributed by atoms with Crippen molar-refractivity contribution < 1.29 is 14.6 Å². The number of aromatic hydroxyl groups is 1. The minimum atomic E-state index is -0.581. The number of carbonyl (C=O) groups is 1. The second kappa shape index (κ2) is 4.74. The third-order valence-electron chi connectivity index (χ3n) is 2.59. The van der Waals surface area contributed by atoms with Crippen LogP contribution in [0.4, 0.5) is 0 Å². The van der Waals surface area contributed by atoms with Crippen LogP contribution >= 0.6 is 11.6 Å². The predicted molar refractivity (Wildman–Crippen MR) is 75.8 cm³/mol. The number of phenolic OH excluding ortho intramolecular Hbond substituents is 1. The van der Waals surface area contributed by atoms with Crippen LogP contribution in [0.5, 0.6) is 5.75 Å². The molecule has 0 unspecified atom stereocenters. The minimum Gasteiger partial charge on any atom is -0.506 e. The van der Waals surface area contributed by atoms with Crippen molar-refractivity contribution in [3.63, 3.8) is 0 Å². The van der Waals surface area contributed by atoms with Gasteiger partial charge >= 0.3 is 5.97 Å². The number of rotatable bonds is 1. The summed E-state index contributed by atoms with van der Waals surface area (Å²) in [6.45, 7) is 5.40. The molecule has 2 aromatic rings. The van der Waals surface area contributed by atoms with Crippen molar-refractivity contribution in [3.8, 4) is 5.75 Å². The highest BCUT2D eigenvalue weighted by Crippen LogP contribution is 2.35. The first kappa shape index (κ1) is 13.7. The monoisotopic (exact) mass is 278 g/mol. The van der Waals surface area contributed by atoms with Crippen molar-refractivity contribution in [2.24, 2.45) is 0 Å². The van der Waals surface area contributed by atoms with Gasteiger partial charge in [0.25, 0.3) is 0 Å². The zero-order chi connectivity index (χ0) is 14.2. The first-order valence-electron chi connectivity index (χ1n) is 5.93. The minimum absolute atomic E-state index is 0.0235. The van der Waals surface area contributed by atoms with Gasteiger partial charge in [-0.15, -0.1) is 0 Å². The Kier molecular flexibility index (Phi) is 3.42. The Labute approximate surface area is 116 Å². The zero-order valence-electron chi connectivity index (χ0n) is 11.0. The quantitative estimate of drug-likeness (QED) is 0.797. The fraction of sp³-hybridized carbons (Fsp3) is 0.267. The highest BCUT2D eigenvalue weighted by Gasteiger charge is 2.21. The average Bonchev–Trinajstić information content (AvgIpc) is 2.31.